The summed E-state index contributed by atoms with van der Waals surface area (Å²) in [5, 5.41) is 0.348. The Kier molecular flexibility index (Phi) is 3.53. The highest BCUT2D eigenvalue weighted by Gasteiger charge is 2.19. The summed E-state index contributed by atoms with van der Waals surface area (Å²) in [4.78, 5) is 18.8. The standard InChI is InChI=1S/C15H18FN3O/c1-11(18-7-2-3-8-18)9-19-10-17-14-12(15(19)20)5-4-6-13(14)16/h4-6,10-11H,2-3,7-9H2,1H3. The van der Waals surface area contributed by atoms with E-state index in [4.69, 9.17) is 0 Å². The van der Waals surface area contributed by atoms with Crippen LogP contribution >= 0.6 is 0 Å². The Bertz CT molecular complexity index is 676. The first kappa shape index (κ1) is 13.2. The van der Waals surface area contributed by atoms with Crippen LogP contribution in [-0.2, 0) is 6.54 Å². The molecule has 1 aliphatic heterocycles. The lowest BCUT2D eigenvalue weighted by Gasteiger charge is -2.24. The first-order chi connectivity index (χ1) is 9.66. The van der Waals surface area contributed by atoms with E-state index >= 15 is 0 Å². The van der Waals surface area contributed by atoms with Crippen LogP contribution in [0.4, 0.5) is 4.39 Å². The normalized spacial score (nSPS) is 17.7. The van der Waals surface area contributed by atoms with E-state index in [9.17, 15) is 9.18 Å². The minimum atomic E-state index is -0.445. The molecule has 5 heteroatoms. The Morgan fingerprint density at radius 3 is 2.85 bits per heavy atom. The second-order valence-electron chi connectivity index (χ2n) is 5.43. The van der Waals surface area contributed by atoms with Gasteiger partial charge in [0.25, 0.3) is 5.56 Å². The van der Waals surface area contributed by atoms with Gasteiger partial charge in [-0.15, -0.1) is 0 Å². The number of aromatic nitrogens is 2. The summed E-state index contributed by atoms with van der Waals surface area (Å²) < 4.78 is 15.2. The van der Waals surface area contributed by atoms with Gasteiger partial charge in [-0.2, -0.15) is 0 Å². The van der Waals surface area contributed by atoms with Crippen molar-refractivity contribution >= 4 is 10.9 Å². The molecule has 0 aliphatic carbocycles. The van der Waals surface area contributed by atoms with Crippen LogP contribution in [0.25, 0.3) is 10.9 Å². The molecule has 3 rings (SSSR count). The van der Waals surface area contributed by atoms with E-state index in [1.54, 1.807) is 16.7 Å². The molecule has 1 atom stereocenters. The Hall–Kier alpha value is -1.75. The zero-order chi connectivity index (χ0) is 14.1. The summed E-state index contributed by atoms with van der Waals surface area (Å²) in [5.74, 6) is -0.445. The Morgan fingerprint density at radius 2 is 2.10 bits per heavy atom. The quantitative estimate of drug-likeness (QED) is 0.860. The van der Waals surface area contributed by atoms with Crippen LogP contribution in [0.3, 0.4) is 0 Å². The lowest BCUT2D eigenvalue weighted by Crippen LogP contribution is -2.36. The number of hydrogen-bond donors (Lipinski definition) is 0. The van der Waals surface area contributed by atoms with Gasteiger partial charge >= 0.3 is 0 Å². The van der Waals surface area contributed by atoms with E-state index in [-0.39, 0.29) is 11.1 Å². The van der Waals surface area contributed by atoms with Gasteiger partial charge in [0.05, 0.1) is 11.7 Å². The van der Waals surface area contributed by atoms with Gasteiger partial charge in [0.2, 0.25) is 0 Å². The topological polar surface area (TPSA) is 38.1 Å². The maximum absolute atomic E-state index is 13.6. The van der Waals surface area contributed by atoms with Gasteiger partial charge in [-0.25, -0.2) is 9.37 Å². The maximum atomic E-state index is 13.6. The highest BCUT2D eigenvalue weighted by molar-refractivity contribution is 5.77. The van der Waals surface area contributed by atoms with E-state index < -0.39 is 5.82 Å². The summed E-state index contributed by atoms with van der Waals surface area (Å²) in [6.07, 6.45) is 3.90. The number of fused-ring (bicyclic) bond motifs is 1. The molecule has 0 N–H and O–H groups in total. The van der Waals surface area contributed by atoms with Crippen LogP contribution in [0, 0.1) is 5.82 Å². The van der Waals surface area contributed by atoms with E-state index in [1.165, 1.54) is 25.2 Å². The molecule has 20 heavy (non-hydrogen) atoms. The SMILES string of the molecule is CC(Cn1cnc2c(F)cccc2c1=O)N1CCCC1. The molecular formula is C15H18FN3O. The second-order valence-corrected chi connectivity index (χ2v) is 5.43. The van der Waals surface area contributed by atoms with Crippen molar-refractivity contribution in [3.05, 3.63) is 40.7 Å². The van der Waals surface area contributed by atoms with Gasteiger partial charge in [0, 0.05) is 12.6 Å². The summed E-state index contributed by atoms with van der Waals surface area (Å²) in [7, 11) is 0. The molecule has 4 nitrogen and oxygen atoms in total. The van der Waals surface area contributed by atoms with Crippen molar-refractivity contribution in [1.29, 1.82) is 0 Å². The van der Waals surface area contributed by atoms with Crippen LogP contribution < -0.4 is 5.56 Å². The summed E-state index contributed by atoms with van der Waals surface area (Å²) in [6, 6.07) is 4.80. The number of likely N-dealkylation sites (tertiary alicyclic amines) is 1. The molecule has 1 fully saturated rings. The third kappa shape index (κ3) is 2.33. The maximum Gasteiger partial charge on any atom is 0.261 e. The van der Waals surface area contributed by atoms with Gasteiger partial charge in [-0.05, 0) is 45.0 Å². The molecule has 1 aromatic carbocycles. The monoisotopic (exact) mass is 275 g/mol. The molecule has 1 aromatic heterocycles. The van der Waals surface area contributed by atoms with Crippen molar-refractivity contribution < 1.29 is 4.39 Å². The van der Waals surface area contributed by atoms with Crippen molar-refractivity contribution in [3.8, 4) is 0 Å². The number of nitrogens with zero attached hydrogens (tertiary/aromatic N) is 3. The van der Waals surface area contributed by atoms with Crippen LogP contribution in [0.1, 0.15) is 19.8 Å². The molecule has 1 aliphatic rings. The number of benzene rings is 1. The molecule has 0 saturated carbocycles. The number of halogens is 1. The average Bonchev–Trinajstić information content (AvgIpc) is 2.97. The Labute approximate surface area is 116 Å². The van der Waals surface area contributed by atoms with Crippen molar-refractivity contribution in [3.63, 3.8) is 0 Å². The summed E-state index contributed by atoms with van der Waals surface area (Å²) in [6.45, 7) is 4.89. The van der Waals surface area contributed by atoms with E-state index in [2.05, 4.69) is 16.8 Å². The number of hydrogen-bond acceptors (Lipinski definition) is 3. The first-order valence-corrected chi connectivity index (χ1v) is 7.04. The fourth-order valence-corrected chi connectivity index (χ4v) is 2.87. The lowest BCUT2D eigenvalue weighted by molar-refractivity contribution is 0.234. The van der Waals surface area contributed by atoms with Crippen molar-refractivity contribution in [2.24, 2.45) is 0 Å². The highest BCUT2D eigenvalue weighted by atomic mass is 19.1. The summed E-state index contributed by atoms with van der Waals surface area (Å²) >= 11 is 0. The van der Waals surface area contributed by atoms with Crippen LogP contribution in [0.15, 0.2) is 29.3 Å². The molecule has 1 saturated heterocycles. The third-order valence-corrected chi connectivity index (χ3v) is 4.03. The molecule has 2 aromatic rings. The molecule has 2 heterocycles. The van der Waals surface area contributed by atoms with E-state index in [0.29, 0.717) is 18.0 Å². The second kappa shape index (κ2) is 5.32. The van der Waals surface area contributed by atoms with Crippen molar-refractivity contribution in [2.45, 2.75) is 32.4 Å². The predicted molar refractivity (Wildman–Crippen MR) is 76.2 cm³/mol. The average molecular weight is 275 g/mol. The minimum absolute atomic E-state index is 0.155. The van der Waals surface area contributed by atoms with E-state index in [0.717, 1.165) is 13.1 Å². The van der Waals surface area contributed by atoms with Crippen molar-refractivity contribution in [1.82, 2.24) is 14.5 Å². The smallest absolute Gasteiger partial charge is 0.261 e. The number of para-hydroxylation sites is 1. The first-order valence-electron chi connectivity index (χ1n) is 7.04. The fourth-order valence-electron chi connectivity index (χ4n) is 2.87. The molecule has 1 unspecified atom stereocenters. The molecule has 0 spiro atoms. The summed E-state index contributed by atoms with van der Waals surface area (Å²) in [5.41, 5.74) is -0.0110. The zero-order valence-electron chi connectivity index (χ0n) is 11.6. The van der Waals surface area contributed by atoms with Gasteiger partial charge in [0.15, 0.2) is 0 Å². The van der Waals surface area contributed by atoms with Crippen LogP contribution in [0.2, 0.25) is 0 Å². The van der Waals surface area contributed by atoms with Crippen LogP contribution in [-0.4, -0.2) is 33.6 Å². The van der Waals surface area contributed by atoms with E-state index in [1.807, 2.05) is 0 Å². The Balaban J connectivity index is 1.92. The third-order valence-electron chi connectivity index (χ3n) is 4.03. The van der Waals surface area contributed by atoms with Gasteiger partial charge in [-0.3, -0.25) is 14.3 Å². The fraction of sp³-hybridized carbons (Fsp3) is 0.467. The van der Waals surface area contributed by atoms with Gasteiger partial charge in [0.1, 0.15) is 11.3 Å². The van der Waals surface area contributed by atoms with Gasteiger partial charge < -0.3 is 0 Å². The molecule has 106 valence electrons. The lowest BCUT2D eigenvalue weighted by atomic mass is 10.2. The number of rotatable bonds is 3. The Morgan fingerprint density at radius 1 is 1.35 bits per heavy atom. The highest BCUT2D eigenvalue weighted by Crippen LogP contribution is 2.14. The van der Waals surface area contributed by atoms with Crippen molar-refractivity contribution in [2.75, 3.05) is 13.1 Å². The molecule has 0 bridgehead atoms. The molecular weight excluding hydrogens is 257 g/mol. The predicted octanol–water partition coefficient (Wildman–Crippen LogP) is 2.02. The minimum Gasteiger partial charge on any atom is -0.299 e. The van der Waals surface area contributed by atoms with Gasteiger partial charge in [-0.1, -0.05) is 6.07 Å². The zero-order valence-corrected chi connectivity index (χ0v) is 11.6. The largest absolute Gasteiger partial charge is 0.299 e. The molecule has 0 amide bonds. The molecule has 0 radical (unpaired) electrons. The van der Waals surface area contributed by atoms with Crippen LogP contribution in [0.5, 0.6) is 0 Å².